The minimum Gasteiger partial charge on any atom is -0.396 e. The van der Waals surface area contributed by atoms with E-state index in [1.807, 2.05) is 5.43 Å². The fourth-order valence-corrected chi connectivity index (χ4v) is 1.05. The van der Waals surface area contributed by atoms with Crippen LogP contribution in [0.25, 0.3) is 0 Å². The average Bonchev–Trinajstić information content (AvgIpc) is 2.18. The van der Waals surface area contributed by atoms with Crippen molar-refractivity contribution in [2.24, 2.45) is 5.84 Å². The molecule has 0 atom stereocenters. The van der Waals surface area contributed by atoms with E-state index < -0.39 is 0 Å². The Morgan fingerprint density at radius 2 is 2.46 bits per heavy atom. The summed E-state index contributed by atoms with van der Waals surface area (Å²) >= 11 is 0. The van der Waals surface area contributed by atoms with Crippen LogP contribution in [-0.4, -0.2) is 22.6 Å². The Morgan fingerprint density at radius 1 is 1.69 bits per heavy atom. The minimum atomic E-state index is -0.370. The molecule has 0 spiro atoms. The molecule has 4 N–H and O–H groups in total. The molecule has 1 aromatic heterocycles. The van der Waals surface area contributed by atoms with Crippen molar-refractivity contribution in [1.29, 1.82) is 0 Å². The molecule has 0 radical (unpaired) electrons. The van der Waals surface area contributed by atoms with Crippen LogP contribution in [-0.2, 0) is 6.42 Å². The molecule has 0 saturated carbocycles. The summed E-state index contributed by atoms with van der Waals surface area (Å²) in [6.45, 7) is -0.0173. The summed E-state index contributed by atoms with van der Waals surface area (Å²) in [5.74, 6) is 4.62. The summed E-state index contributed by atoms with van der Waals surface area (Å²) in [5, 5.41) is 8.71. The summed E-state index contributed by atoms with van der Waals surface area (Å²) < 4.78 is 0. The van der Waals surface area contributed by atoms with Crippen LogP contribution >= 0.6 is 0 Å². The van der Waals surface area contributed by atoms with Crippen molar-refractivity contribution < 1.29 is 9.90 Å². The molecule has 0 bridgehead atoms. The molecule has 1 amide bonds. The molecule has 0 unspecified atom stereocenters. The first kappa shape index (κ1) is 9.63. The number of aromatic nitrogens is 1. The molecular weight excluding hydrogens is 170 g/mol. The van der Waals surface area contributed by atoms with Crippen LogP contribution in [0, 0.1) is 0 Å². The van der Waals surface area contributed by atoms with E-state index in [0.717, 1.165) is 0 Å². The molecule has 13 heavy (non-hydrogen) atoms. The lowest BCUT2D eigenvalue weighted by Gasteiger charge is -2.04. The van der Waals surface area contributed by atoms with Gasteiger partial charge in [0, 0.05) is 24.6 Å². The maximum atomic E-state index is 11.2. The van der Waals surface area contributed by atoms with E-state index in [9.17, 15) is 4.79 Å². The Bertz CT molecular complexity index is 301. The number of pyridine rings is 1. The molecular formula is C8H11N3O2. The highest BCUT2D eigenvalue weighted by atomic mass is 16.3. The van der Waals surface area contributed by atoms with E-state index >= 15 is 0 Å². The molecule has 0 aromatic carbocycles. The predicted molar refractivity (Wildman–Crippen MR) is 46.7 cm³/mol. The van der Waals surface area contributed by atoms with E-state index in [4.69, 9.17) is 10.9 Å². The molecule has 0 saturated heterocycles. The van der Waals surface area contributed by atoms with Gasteiger partial charge in [0.1, 0.15) is 0 Å². The molecule has 5 heteroatoms. The number of amides is 1. The summed E-state index contributed by atoms with van der Waals surface area (Å²) in [4.78, 5) is 15.0. The quantitative estimate of drug-likeness (QED) is 0.324. The van der Waals surface area contributed by atoms with Gasteiger partial charge in [-0.25, -0.2) is 5.84 Å². The SMILES string of the molecule is NNC(=O)c1ccncc1CCO. The van der Waals surface area contributed by atoms with Gasteiger partial charge in [-0.3, -0.25) is 15.2 Å². The van der Waals surface area contributed by atoms with Crippen molar-refractivity contribution in [2.45, 2.75) is 6.42 Å². The van der Waals surface area contributed by atoms with Gasteiger partial charge in [-0.15, -0.1) is 0 Å². The van der Waals surface area contributed by atoms with E-state index in [1.54, 1.807) is 12.3 Å². The fourth-order valence-electron chi connectivity index (χ4n) is 1.05. The van der Waals surface area contributed by atoms with Gasteiger partial charge in [0.15, 0.2) is 0 Å². The molecule has 5 nitrogen and oxygen atoms in total. The number of nitrogens with zero attached hydrogens (tertiary/aromatic N) is 1. The van der Waals surface area contributed by atoms with Crippen molar-refractivity contribution in [2.75, 3.05) is 6.61 Å². The van der Waals surface area contributed by atoms with Crippen LogP contribution in [0.4, 0.5) is 0 Å². The number of carbonyl (C=O) groups excluding carboxylic acids is 1. The van der Waals surface area contributed by atoms with Gasteiger partial charge in [-0.2, -0.15) is 0 Å². The third kappa shape index (κ3) is 2.24. The molecule has 0 aliphatic carbocycles. The summed E-state index contributed by atoms with van der Waals surface area (Å²) in [5.41, 5.74) is 3.17. The smallest absolute Gasteiger partial charge is 0.265 e. The van der Waals surface area contributed by atoms with Crippen molar-refractivity contribution in [3.63, 3.8) is 0 Å². The Kier molecular flexibility index (Phi) is 3.36. The van der Waals surface area contributed by atoms with Gasteiger partial charge in [0.2, 0.25) is 0 Å². The van der Waals surface area contributed by atoms with Gasteiger partial charge in [0.25, 0.3) is 5.91 Å². The van der Waals surface area contributed by atoms with Crippen molar-refractivity contribution in [3.8, 4) is 0 Å². The molecule has 1 aromatic rings. The van der Waals surface area contributed by atoms with Crippen molar-refractivity contribution in [3.05, 3.63) is 29.6 Å². The van der Waals surface area contributed by atoms with Gasteiger partial charge >= 0.3 is 0 Å². The Hall–Kier alpha value is -1.46. The predicted octanol–water partition coefficient (Wildman–Crippen LogP) is -0.780. The van der Waals surface area contributed by atoms with Crippen LogP contribution in [0.1, 0.15) is 15.9 Å². The largest absolute Gasteiger partial charge is 0.396 e. The van der Waals surface area contributed by atoms with E-state index in [1.165, 1.54) is 6.20 Å². The fraction of sp³-hybridized carbons (Fsp3) is 0.250. The number of nitrogen functional groups attached to an aromatic ring is 1. The lowest BCUT2D eigenvalue weighted by Crippen LogP contribution is -2.30. The number of aliphatic hydroxyl groups is 1. The van der Waals surface area contributed by atoms with E-state index in [0.29, 0.717) is 17.5 Å². The topological polar surface area (TPSA) is 88.2 Å². The average molecular weight is 181 g/mol. The second-order valence-corrected chi connectivity index (χ2v) is 2.48. The molecule has 1 heterocycles. The summed E-state index contributed by atoms with van der Waals surface area (Å²) in [7, 11) is 0. The number of hydrazine groups is 1. The molecule has 70 valence electrons. The highest BCUT2D eigenvalue weighted by Crippen LogP contribution is 2.06. The standard InChI is InChI=1S/C8H11N3O2/c9-11-8(13)7-1-3-10-5-6(7)2-4-12/h1,3,5,12H,2,4,9H2,(H,11,13). The Labute approximate surface area is 75.6 Å². The Morgan fingerprint density at radius 3 is 3.08 bits per heavy atom. The van der Waals surface area contributed by atoms with Crippen LogP contribution in [0.3, 0.4) is 0 Å². The third-order valence-corrected chi connectivity index (χ3v) is 1.66. The molecule has 0 aliphatic rings. The second-order valence-electron chi connectivity index (χ2n) is 2.48. The number of nitrogens with one attached hydrogen (secondary N) is 1. The van der Waals surface area contributed by atoms with Crippen LogP contribution < -0.4 is 11.3 Å². The monoisotopic (exact) mass is 181 g/mol. The number of hydrogen-bond acceptors (Lipinski definition) is 4. The summed E-state index contributed by atoms with van der Waals surface area (Å²) in [6, 6.07) is 1.56. The Balaban J connectivity index is 2.97. The molecule has 0 fully saturated rings. The number of rotatable bonds is 3. The first-order valence-corrected chi connectivity index (χ1v) is 3.84. The lowest BCUT2D eigenvalue weighted by atomic mass is 10.1. The second kappa shape index (κ2) is 4.54. The van der Waals surface area contributed by atoms with E-state index in [2.05, 4.69) is 4.98 Å². The zero-order valence-corrected chi connectivity index (χ0v) is 7.03. The molecule has 0 aliphatic heterocycles. The number of carbonyl (C=O) groups is 1. The first-order chi connectivity index (χ1) is 6.29. The zero-order chi connectivity index (χ0) is 9.68. The first-order valence-electron chi connectivity index (χ1n) is 3.84. The third-order valence-electron chi connectivity index (χ3n) is 1.66. The number of hydrogen-bond donors (Lipinski definition) is 3. The lowest BCUT2D eigenvalue weighted by molar-refractivity contribution is 0.0952. The summed E-state index contributed by atoms with van der Waals surface area (Å²) in [6.07, 6.45) is 3.45. The number of aliphatic hydroxyl groups excluding tert-OH is 1. The van der Waals surface area contributed by atoms with Crippen molar-refractivity contribution >= 4 is 5.91 Å². The highest BCUT2D eigenvalue weighted by molar-refractivity contribution is 5.95. The normalized spacial score (nSPS) is 9.69. The van der Waals surface area contributed by atoms with Gasteiger partial charge in [0.05, 0.1) is 0 Å². The van der Waals surface area contributed by atoms with Crippen LogP contribution in [0.5, 0.6) is 0 Å². The maximum Gasteiger partial charge on any atom is 0.265 e. The van der Waals surface area contributed by atoms with Gasteiger partial charge in [-0.05, 0) is 18.1 Å². The van der Waals surface area contributed by atoms with E-state index in [-0.39, 0.29) is 12.5 Å². The molecule has 1 rings (SSSR count). The van der Waals surface area contributed by atoms with Crippen LogP contribution in [0.15, 0.2) is 18.5 Å². The highest BCUT2D eigenvalue weighted by Gasteiger charge is 2.08. The zero-order valence-electron chi connectivity index (χ0n) is 7.03. The minimum absolute atomic E-state index is 0.0173. The van der Waals surface area contributed by atoms with Crippen molar-refractivity contribution in [1.82, 2.24) is 10.4 Å². The number of nitrogens with two attached hydrogens (primary N) is 1. The van der Waals surface area contributed by atoms with Crippen LogP contribution in [0.2, 0.25) is 0 Å². The van der Waals surface area contributed by atoms with Gasteiger partial charge < -0.3 is 5.11 Å². The maximum absolute atomic E-state index is 11.2. The van der Waals surface area contributed by atoms with Gasteiger partial charge in [-0.1, -0.05) is 0 Å².